The molecule has 0 amide bonds. The topological polar surface area (TPSA) is 262 Å². The lowest BCUT2D eigenvalue weighted by atomic mass is 9.81. The van der Waals surface area contributed by atoms with Crippen LogP contribution in [0.3, 0.4) is 0 Å². The van der Waals surface area contributed by atoms with Crippen LogP contribution in [-0.4, -0.2) is 93.3 Å². The fourth-order valence-electron chi connectivity index (χ4n) is 8.94. The van der Waals surface area contributed by atoms with Gasteiger partial charge in [0.05, 0.1) is 26.7 Å². The summed E-state index contributed by atoms with van der Waals surface area (Å²) in [4.78, 5) is 1.35. The molecule has 0 bridgehead atoms. The lowest BCUT2D eigenvalue weighted by molar-refractivity contribution is -0.438. The number of benzene rings is 3. The number of unbranched alkanes of at least 4 members (excludes halogenated alkanes) is 2. The van der Waals surface area contributed by atoms with E-state index in [0.29, 0.717) is 85.7 Å². The van der Waals surface area contributed by atoms with Crippen molar-refractivity contribution in [3.63, 3.8) is 0 Å². The second kappa shape index (κ2) is 19.6. The largest absolute Gasteiger partial charge is 0.744 e. The molecule has 2 heterocycles. The van der Waals surface area contributed by atoms with E-state index in [0.717, 1.165) is 34.5 Å². The highest BCUT2D eigenvalue weighted by atomic mass is 32.2. The number of allylic oxidation sites excluding steroid dienone is 7. The quantitative estimate of drug-likeness (QED) is 0.0551. The van der Waals surface area contributed by atoms with Crippen LogP contribution in [-0.2, 0) is 57.7 Å². The number of rotatable bonds is 19. The Labute approximate surface area is 388 Å². The molecule has 66 heavy (non-hydrogen) atoms. The summed E-state index contributed by atoms with van der Waals surface area (Å²) in [5, 5.41) is 0. The molecule has 358 valence electrons. The molecule has 2 aliphatic heterocycles. The van der Waals surface area contributed by atoms with Gasteiger partial charge in [0.15, 0.2) is 5.71 Å². The zero-order valence-electron chi connectivity index (χ0n) is 37.3. The molecule has 0 radical (unpaired) electrons. The van der Waals surface area contributed by atoms with Crippen molar-refractivity contribution in [3.8, 4) is 5.75 Å². The zero-order chi connectivity index (χ0) is 48.5. The number of ether oxygens (including phenoxy) is 1. The number of nitrogens with zero attached hydrogens (tertiary/aromatic N) is 2. The van der Waals surface area contributed by atoms with Gasteiger partial charge in [0.25, 0.3) is 30.4 Å². The van der Waals surface area contributed by atoms with Crippen LogP contribution in [0.5, 0.6) is 5.75 Å². The third-order valence-electron chi connectivity index (χ3n) is 12.3. The number of hydrogen-bond acceptors (Lipinski definition) is 12. The van der Waals surface area contributed by atoms with E-state index in [2.05, 4.69) is 0 Å². The average molecular weight is 988 g/mol. The molecule has 0 saturated carbocycles. The summed E-state index contributed by atoms with van der Waals surface area (Å²) in [5.74, 6) is 0.296. The molecular formula is C46H57N3O13S4. The average Bonchev–Trinajstić information content (AvgIpc) is 3.56. The van der Waals surface area contributed by atoms with Gasteiger partial charge in [-0.25, -0.2) is 8.42 Å². The third kappa shape index (κ3) is 12.0. The minimum absolute atomic E-state index is 0.164. The van der Waals surface area contributed by atoms with Crippen molar-refractivity contribution in [2.24, 2.45) is 5.73 Å². The second-order valence-electron chi connectivity index (χ2n) is 17.8. The lowest BCUT2D eigenvalue weighted by Gasteiger charge is -2.27. The predicted molar refractivity (Wildman–Crippen MR) is 251 cm³/mol. The minimum atomic E-state index is -4.78. The predicted octanol–water partition coefficient (Wildman–Crippen LogP) is 6.73. The van der Waals surface area contributed by atoms with E-state index in [1.54, 1.807) is 12.1 Å². The maximum absolute atomic E-state index is 12.2. The van der Waals surface area contributed by atoms with E-state index in [9.17, 15) is 51.9 Å². The number of nitrogens with two attached hydrogens (primary N) is 1. The summed E-state index contributed by atoms with van der Waals surface area (Å²) >= 11 is 0. The van der Waals surface area contributed by atoms with Crippen LogP contribution in [0.1, 0.15) is 89.3 Å². The Morgan fingerprint density at radius 3 is 2.02 bits per heavy atom. The van der Waals surface area contributed by atoms with E-state index in [1.165, 1.54) is 24.3 Å². The molecule has 3 aliphatic rings. The SMILES string of the molecule is CC1(C)C(/C=C/C2=C(Oc3ccc(CCN)cc3)C(=C/C=C3/N(CCCCS(=O)(=O)O)c4ccc(S(=O)(=O)O)cc4C3(C)C)/CCC2)=[N+](CCCCS(=O)(=O)O)c2ccc(S(=O)(=O)[O-])cc21. The molecule has 16 nitrogen and oxygen atoms in total. The van der Waals surface area contributed by atoms with Crippen LogP contribution >= 0.6 is 0 Å². The normalized spacial score (nSPS) is 18.8. The first kappa shape index (κ1) is 50.9. The van der Waals surface area contributed by atoms with Crippen LogP contribution in [0.4, 0.5) is 11.4 Å². The van der Waals surface area contributed by atoms with Gasteiger partial charge < -0.3 is 19.9 Å². The summed E-state index contributed by atoms with van der Waals surface area (Å²) in [6, 6.07) is 16.2. The third-order valence-corrected chi connectivity index (χ3v) is 15.6. The first-order valence-electron chi connectivity index (χ1n) is 21.6. The second-order valence-corrected chi connectivity index (χ2v) is 23.7. The van der Waals surface area contributed by atoms with E-state index in [-0.39, 0.29) is 22.6 Å². The van der Waals surface area contributed by atoms with E-state index in [4.69, 9.17) is 10.5 Å². The Bertz CT molecular complexity index is 2990. The van der Waals surface area contributed by atoms with Gasteiger partial charge >= 0.3 is 0 Å². The zero-order valence-corrected chi connectivity index (χ0v) is 40.6. The van der Waals surface area contributed by atoms with Crippen LogP contribution in [0.2, 0.25) is 0 Å². The van der Waals surface area contributed by atoms with Crippen molar-refractivity contribution in [1.82, 2.24) is 0 Å². The van der Waals surface area contributed by atoms with Crippen LogP contribution in [0.15, 0.2) is 117 Å². The van der Waals surface area contributed by atoms with Gasteiger partial charge in [-0.15, -0.1) is 0 Å². The highest BCUT2D eigenvalue weighted by molar-refractivity contribution is 7.86. The Hall–Kier alpha value is -4.51. The molecule has 0 atom stereocenters. The number of fused-ring (bicyclic) bond motifs is 2. The van der Waals surface area contributed by atoms with Crippen molar-refractivity contribution in [3.05, 3.63) is 124 Å². The summed E-state index contributed by atoms with van der Waals surface area (Å²) in [6.45, 7) is 8.80. The molecule has 20 heteroatoms. The maximum atomic E-state index is 12.2. The van der Waals surface area contributed by atoms with Gasteiger partial charge in [0, 0.05) is 47.5 Å². The van der Waals surface area contributed by atoms with Gasteiger partial charge in [-0.3, -0.25) is 13.7 Å². The molecule has 0 unspecified atom stereocenters. The summed E-state index contributed by atoms with van der Waals surface area (Å²) < 4.78 is 144. The molecule has 0 spiro atoms. The summed E-state index contributed by atoms with van der Waals surface area (Å²) in [7, 11) is -17.7. The highest BCUT2D eigenvalue weighted by Crippen LogP contribution is 2.49. The van der Waals surface area contributed by atoms with Crippen molar-refractivity contribution in [1.29, 1.82) is 0 Å². The van der Waals surface area contributed by atoms with Crippen molar-refractivity contribution >= 4 is 57.6 Å². The lowest BCUT2D eigenvalue weighted by Crippen LogP contribution is -2.28. The molecule has 3 aromatic rings. The van der Waals surface area contributed by atoms with Crippen LogP contribution in [0.25, 0.3) is 0 Å². The van der Waals surface area contributed by atoms with E-state index >= 15 is 0 Å². The molecule has 0 fully saturated rings. The fourth-order valence-corrected chi connectivity index (χ4v) is 11.1. The van der Waals surface area contributed by atoms with Crippen molar-refractivity contribution < 1.29 is 61.2 Å². The number of hydrogen-bond donors (Lipinski definition) is 4. The number of anilines is 1. The summed E-state index contributed by atoms with van der Waals surface area (Å²) in [5.41, 5.74) is 11.0. The van der Waals surface area contributed by atoms with Crippen molar-refractivity contribution in [2.45, 2.75) is 99.7 Å². The summed E-state index contributed by atoms with van der Waals surface area (Å²) in [6.07, 6.45) is 11.5. The van der Waals surface area contributed by atoms with Gasteiger partial charge in [-0.05, 0) is 142 Å². The molecular weight excluding hydrogens is 931 g/mol. The van der Waals surface area contributed by atoms with E-state index in [1.807, 2.05) is 85.7 Å². The van der Waals surface area contributed by atoms with Crippen LogP contribution < -0.4 is 15.4 Å². The van der Waals surface area contributed by atoms with E-state index < -0.39 is 62.8 Å². The molecule has 3 aromatic carbocycles. The molecule has 5 N–H and O–H groups in total. The van der Waals surface area contributed by atoms with Gasteiger partial charge in [0.1, 0.15) is 28.2 Å². The Morgan fingerprint density at radius 1 is 0.758 bits per heavy atom. The van der Waals surface area contributed by atoms with Gasteiger partial charge in [-0.2, -0.15) is 29.8 Å². The first-order valence-corrected chi connectivity index (χ1v) is 27.6. The molecule has 0 aromatic heterocycles. The smallest absolute Gasteiger partial charge is 0.294 e. The van der Waals surface area contributed by atoms with Crippen LogP contribution in [0, 0.1) is 0 Å². The standard InChI is InChI=1S/C46H57N3O13S4/c1-45(2)38-30-36(65(56,57)58)18-20-40(38)48(26-5-7-28-63(50,51)52)42(45)22-14-33-10-9-11-34(44(33)62-35-16-12-32(13-17-35)24-25-47)15-23-43-46(3,4)39-31-37(66(59,60)61)19-21-41(39)49(43)27-6-8-29-64(53,54)55/h12-23,30-31H,5-11,24-29,47H2,1-4H3,(H3-,50,51,52,53,54,55,56,57,58,59,60,61). The molecule has 0 saturated heterocycles. The molecule has 1 aliphatic carbocycles. The van der Waals surface area contributed by atoms with Crippen molar-refractivity contribution in [2.75, 3.05) is 36.0 Å². The molecule has 6 rings (SSSR count). The fraction of sp³-hybridized carbons (Fsp3) is 0.413. The Balaban J connectivity index is 1.47. The monoisotopic (exact) mass is 987 g/mol. The van der Waals surface area contributed by atoms with Gasteiger partial charge in [0.2, 0.25) is 5.69 Å². The Kier molecular flexibility index (Phi) is 15.1. The minimum Gasteiger partial charge on any atom is -0.744 e. The Morgan fingerprint density at radius 2 is 1.39 bits per heavy atom. The highest BCUT2D eigenvalue weighted by Gasteiger charge is 2.45. The first-order chi connectivity index (χ1) is 30.7. The maximum Gasteiger partial charge on any atom is 0.294 e. The van der Waals surface area contributed by atoms with Gasteiger partial charge in [-0.1, -0.05) is 32.1 Å².